The molecule has 2 aromatic carbocycles. The van der Waals surface area contributed by atoms with Crippen molar-refractivity contribution in [1.29, 1.82) is 0 Å². The van der Waals surface area contributed by atoms with E-state index >= 15 is 0 Å². The molecule has 0 saturated carbocycles. The SMILES string of the molecule is COc1ccc(S(=O)(=O)N2CCC[C@H](C(=O)Nc3ccccc3F)C2)cc1. The van der Waals surface area contributed by atoms with E-state index in [0.29, 0.717) is 25.1 Å². The highest BCUT2D eigenvalue weighted by atomic mass is 32.2. The number of halogens is 1. The first-order valence-electron chi connectivity index (χ1n) is 8.61. The highest BCUT2D eigenvalue weighted by Gasteiger charge is 2.33. The lowest BCUT2D eigenvalue weighted by Crippen LogP contribution is -2.43. The van der Waals surface area contributed by atoms with Crippen molar-refractivity contribution in [1.82, 2.24) is 4.31 Å². The van der Waals surface area contributed by atoms with Crippen LogP contribution in [0.5, 0.6) is 5.75 Å². The maximum Gasteiger partial charge on any atom is 0.243 e. The second-order valence-electron chi connectivity index (χ2n) is 6.35. The summed E-state index contributed by atoms with van der Waals surface area (Å²) in [5.41, 5.74) is 0.0950. The summed E-state index contributed by atoms with van der Waals surface area (Å²) in [6.45, 7) is 0.409. The number of nitrogens with one attached hydrogen (secondary N) is 1. The van der Waals surface area contributed by atoms with E-state index in [1.807, 2.05) is 0 Å². The fourth-order valence-corrected chi connectivity index (χ4v) is 4.59. The van der Waals surface area contributed by atoms with Crippen LogP contribution in [0.3, 0.4) is 0 Å². The summed E-state index contributed by atoms with van der Waals surface area (Å²) in [5, 5.41) is 2.55. The Hall–Kier alpha value is -2.45. The van der Waals surface area contributed by atoms with E-state index in [2.05, 4.69) is 5.32 Å². The molecule has 0 bridgehead atoms. The van der Waals surface area contributed by atoms with Crippen LogP contribution in [-0.2, 0) is 14.8 Å². The van der Waals surface area contributed by atoms with Gasteiger partial charge in [0.1, 0.15) is 11.6 Å². The first-order valence-corrected chi connectivity index (χ1v) is 10.1. The summed E-state index contributed by atoms with van der Waals surface area (Å²) >= 11 is 0. The molecule has 144 valence electrons. The normalized spacial score (nSPS) is 18.1. The molecule has 27 heavy (non-hydrogen) atoms. The Bertz CT molecular complexity index is 916. The van der Waals surface area contributed by atoms with Gasteiger partial charge in [-0.1, -0.05) is 12.1 Å². The number of carbonyl (C=O) groups excluding carboxylic acids is 1. The Morgan fingerprint density at radius 3 is 2.56 bits per heavy atom. The molecule has 3 rings (SSSR count). The Morgan fingerprint density at radius 1 is 1.19 bits per heavy atom. The number of anilines is 1. The maximum absolute atomic E-state index is 13.7. The predicted molar refractivity (Wildman–Crippen MR) is 99.5 cm³/mol. The van der Waals surface area contributed by atoms with Gasteiger partial charge >= 0.3 is 0 Å². The molecule has 0 unspecified atom stereocenters. The number of ether oxygens (including phenoxy) is 1. The van der Waals surface area contributed by atoms with Crippen LogP contribution in [0.15, 0.2) is 53.4 Å². The van der Waals surface area contributed by atoms with Gasteiger partial charge in [0.05, 0.1) is 23.6 Å². The lowest BCUT2D eigenvalue weighted by atomic mass is 9.98. The number of benzene rings is 2. The average Bonchev–Trinajstić information content (AvgIpc) is 2.70. The molecule has 2 aromatic rings. The second kappa shape index (κ2) is 8.06. The van der Waals surface area contributed by atoms with Crippen LogP contribution in [-0.4, -0.2) is 38.8 Å². The van der Waals surface area contributed by atoms with E-state index in [1.54, 1.807) is 18.2 Å². The maximum atomic E-state index is 13.7. The fraction of sp³-hybridized carbons (Fsp3) is 0.316. The van der Waals surface area contributed by atoms with Gasteiger partial charge in [-0.05, 0) is 49.2 Å². The lowest BCUT2D eigenvalue weighted by Gasteiger charge is -2.31. The number of nitrogens with zero attached hydrogens (tertiary/aromatic N) is 1. The van der Waals surface area contributed by atoms with Gasteiger partial charge in [-0.25, -0.2) is 12.8 Å². The molecule has 1 amide bonds. The summed E-state index contributed by atoms with van der Waals surface area (Å²) in [6, 6.07) is 12.0. The highest BCUT2D eigenvalue weighted by Crippen LogP contribution is 2.26. The van der Waals surface area contributed by atoms with Crippen LogP contribution in [0, 0.1) is 11.7 Å². The molecule has 0 aromatic heterocycles. The molecule has 1 aliphatic rings. The molecule has 1 fully saturated rings. The average molecular weight is 392 g/mol. The highest BCUT2D eigenvalue weighted by molar-refractivity contribution is 7.89. The first kappa shape index (κ1) is 19.3. The third-order valence-electron chi connectivity index (χ3n) is 4.58. The zero-order valence-corrected chi connectivity index (χ0v) is 15.7. The van der Waals surface area contributed by atoms with Crippen LogP contribution in [0.1, 0.15) is 12.8 Å². The molecule has 0 radical (unpaired) electrons. The number of rotatable bonds is 5. The summed E-state index contributed by atoms with van der Waals surface area (Å²) in [6.07, 6.45) is 1.11. The number of sulfonamides is 1. The molecule has 8 heteroatoms. The zero-order chi connectivity index (χ0) is 19.4. The number of hydrogen-bond donors (Lipinski definition) is 1. The van der Waals surface area contributed by atoms with Crippen molar-refractivity contribution in [3.05, 3.63) is 54.3 Å². The van der Waals surface area contributed by atoms with Gasteiger partial charge in [-0.3, -0.25) is 4.79 Å². The molecular formula is C19H21FN2O4S. The quantitative estimate of drug-likeness (QED) is 0.849. The summed E-state index contributed by atoms with van der Waals surface area (Å²) in [7, 11) is -2.20. The minimum Gasteiger partial charge on any atom is -0.497 e. The van der Waals surface area contributed by atoms with Gasteiger partial charge in [0.2, 0.25) is 15.9 Å². The molecule has 0 aliphatic carbocycles. The van der Waals surface area contributed by atoms with Crippen molar-refractivity contribution in [3.63, 3.8) is 0 Å². The molecule has 1 atom stereocenters. The smallest absolute Gasteiger partial charge is 0.243 e. The minimum absolute atomic E-state index is 0.0641. The molecule has 0 spiro atoms. The number of methoxy groups -OCH3 is 1. The lowest BCUT2D eigenvalue weighted by molar-refractivity contribution is -0.120. The summed E-state index contributed by atoms with van der Waals surface area (Å²) in [5.74, 6) is -0.875. The molecule has 1 N–H and O–H groups in total. The van der Waals surface area contributed by atoms with Crippen LogP contribution in [0.25, 0.3) is 0 Å². The van der Waals surface area contributed by atoms with Crippen LogP contribution >= 0.6 is 0 Å². The van der Waals surface area contributed by atoms with E-state index in [0.717, 1.165) is 0 Å². The standard InChI is InChI=1S/C19H21FN2O4S/c1-26-15-8-10-16(11-9-15)27(24,25)22-12-4-5-14(13-22)19(23)21-18-7-3-2-6-17(18)20/h2-3,6-11,14H,4-5,12-13H2,1H3,(H,21,23)/t14-/m0/s1. The third-order valence-corrected chi connectivity index (χ3v) is 6.46. The Morgan fingerprint density at radius 2 is 1.89 bits per heavy atom. The van der Waals surface area contributed by atoms with E-state index in [1.165, 1.54) is 41.7 Å². The molecule has 6 nitrogen and oxygen atoms in total. The summed E-state index contributed by atoms with van der Waals surface area (Å²) in [4.78, 5) is 12.6. The largest absolute Gasteiger partial charge is 0.497 e. The third kappa shape index (κ3) is 4.28. The monoisotopic (exact) mass is 392 g/mol. The number of piperidine rings is 1. The Balaban J connectivity index is 1.72. The zero-order valence-electron chi connectivity index (χ0n) is 14.9. The van der Waals surface area contributed by atoms with Crippen LogP contribution < -0.4 is 10.1 Å². The van der Waals surface area contributed by atoms with Crippen molar-refractivity contribution in [2.75, 3.05) is 25.5 Å². The number of amides is 1. The number of carbonyl (C=O) groups is 1. The molecular weight excluding hydrogens is 371 g/mol. The number of hydrogen-bond acceptors (Lipinski definition) is 4. The van der Waals surface area contributed by atoms with E-state index in [9.17, 15) is 17.6 Å². The van der Waals surface area contributed by atoms with Crippen molar-refractivity contribution in [2.24, 2.45) is 5.92 Å². The van der Waals surface area contributed by atoms with Gasteiger partial charge in [0.25, 0.3) is 0 Å². The van der Waals surface area contributed by atoms with Crippen molar-refractivity contribution >= 4 is 21.6 Å². The molecule has 1 saturated heterocycles. The Labute approximate surface area is 158 Å². The second-order valence-corrected chi connectivity index (χ2v) is 8.28. The van der Waals surface area contributed by atoms with E-state index < -0.39 is 21.8 Å². The van der Waals surface area contributed by atoms with Crippen molar-refractivity contribution < 1.29 is 22.3 Å². The van der Waals surface area contributed by atoms with Crippen LogP contribution in [0.2, 0.25) is 0 Å². The predicted octanol–water partition coefficient (Wildman–Crippen LogP) is 2.87. The van der Waals surface area contributed by atoms with Gasteiger partial charge in [-0.15, -0.1) is 0 Å². The van der Waals surface area contributed by atoms with E-state index in [-0.39, 0.29) is 23.0 Å². The van der Waals surface area contributed by atoms with Crippen molar-refractivity contribution in [2.45, 2.75) is 17.7 Å². The van der Waals surface area contributed by atoms with Gasteiger partial charge < -0.3 is 10.1 Å². The molecule has 1 aliphatic heterocycles. The molecule has 1 heterocycles. The first-order chi connectivity index (χ1) is 12.9. The topological polar surface area (TPSA) is 75.7 Å². The van der Waals surface area contributed by atoms with Gasteiger partial charge in [-0.2, -0.15) is 4.31 Å². The number of para-hydroxylation sites is 1. The van der Waals surface area contributed by atoms with Crippen molar-refractivity contribution in [3.8, 4) is 5.75 Å². The minimum atomic E-state index is -3.71. The summed E-state index contributed by atoms with van der Waals surface area (Å²) < 4.78 is 45.8. The van der Waals surface area contributed by atoms with E-state index in [4.69, 9.17) is 4.74 Å². The van der Waals surface area contributed by atoms with Crippen LogP contribution in [0.4, 0.5) is 10.1 Å². The fourth-order valence-electron chi connectivity index (χ4n) is 3.07. The van der Waals surface area contributed by atoms with Gasteiger partial charge in [0, 0.05) is 13.1 Å². The Kier molecular flexibility index (Phi) is 5.76. The van der Waals surface area contributed by atoms with Gasteiger partial charge in [0.15, 0.2) is 0 Å².